The number of hydrogen-bond acceptors (Lipinski definition) is 9. The molecule has 10 nitrogen and oxygen atoms in total. The molecule has 1 aliphatic heterocycles. The number of thioether (sulfide) groups is 1. The van der Waals surface area contributed by atoms with Crippen LogP contribution in [0.15, 0.2) is 178 Å². The molecule has 1 aliphatic rings. The molecule has 1 fully saturated rings. The molecule has 0 aliphatic carbocycles. The molecule has 4 unspecified atom stereocenters. The number of aryl methyl sites for hydroxylation is 1. The Hall–Kier alpha value is -5.86. The normalized spacial score (nSPS) is 17.0. The zero-order valence-electron chi connectivity index (χ0n) is 34.1. The van der Waals surface area contributed by atoms with Gasteiger partial charge < -0.3 is 24.3 Å². The number of amides is 1. The molecule has 1 amide bonds. The third-order valence-corrected chi connectivity index (χ3v) is 13.1. The Bertz CT molecular complexity index is 2590. The smallest absolute Gasteiger partial charge is 0.256 e. The van der Waals surface area contributed by atoms with Crippen molar-refractivity contribution in [1.29, 1.82) is 0 Å². The zero-order valence-corrected chi connectivity index (χ0v) is 35.7. The lowest BCUT2D eigenvalue weighted by Gasteiger charge is -2.36. The summed E-state index contributed by atoms with van der Waals surface area (Å²) in [6.45, 7) is 2.01. The number of ether oxygens (including phenoxy) is 2. The van der Waals surface area contributed by atoms with Crippen molar-refractivity contribution in [3.63, 3.8) is 0 Å². The largest absolute Gasteiger partial charge is 0.431 e. The maximum Gasteiger partial charge on any atom is 0.256 e. The van der Waals surface area contributed by atoms with E-state index in [1.54, 1.807) is 12.1 Å². The fourth-order valence-electron chi connectivity index (χ4n) is 7.24. The molecule has 2 heterocycles. The van der Waals surface area contributed by atoms with E-state index in [0.29, 0.717) is 23.2 Å². The monoisotopic (exact) mass is 865 g/mol. The molecule has 0 bridgehead atoms. The second-order valence-corrected chi connectivity index (χ2v) is 17.9. The van der Waals surface area contributed by atoms with E-state index < -0.39 is 28.3 Å². The molecule has 0 saturated carbocycles. The average Bonchev–Trinajstić information content (AvgIpc) is 3.75. The van der Waals surface area contributed by atoms with E-state index in [-0.39, 0.29) is 36.7 Å². The summed E-state index contributed by atoms with van der Waals surface area (Å²) in [4.78, 5) is 18.7. The number of nitrogens with one attached hydrogen (secondary N) is 2. The van der Waals surface area contributed by atoms with Crippen LogP contribution in [0.2, 0.25) is 0 Å². The van der Waals surface area contributed by atoms with Crippen LogP contribution < -0.4 is 10.0 Å². The van der Waals surface area contributed by atoms with Crippen LogP contribution in [0.5, 0.6) is 0 Å². The Kier molecular flexibility index (Phi) is 13.7. The molecular formula is C50H47N3O7S2. The summed E-state index contributed by atoms with van der Waals surface area (Å²) >= 11 is 1.49. The minimum absolute atomic E-state index is 0.0492. The average molecular weight is 866 g/mol. The van der Waals surface area contributed by atoms with Gasteiger partial charge in [0.2, 0.25) is 15.9 Å². The van der Waals surface area contributed by atoms with Gasteiger partial charge in [0.25, 0.3) is 5.22 Å². The Morgan fingerprint density at radius 3 is 2.02 bits per heavy atom. The number of nitrogens with zero attached hydrogens (tertiary/aromatic N) is 1. The van der Waals surface area contributed by atoms with E-state index >= 15 is 0 Å². The molecule has 4 atom stereocenters. The number of hydrogen-bond donors (Lipinski definition) is 3. The van der Waals surface area contributed by atoms with Crippen LogP contribution >= 0.6 is 11.8 Å². The van der Waals surface area contributed by atoms with Gasteiger partial charge in [-0.25, -0.2) is 13.4 Å². The summed E-state index contributed by atoms with van der Waals surface area (Å²) in [6.07, 6.45) is -0.467. The first kappa shape index (κ1) is 42.8. The minimum atomic E-state index is -3.98. The summed E-state index contributed by atoms with van der Waals surface area (Å²) in [6, 6.07) is 50.1. The molecule has 6 aromatic carbocycles. The van der Waals surface area contributed by atoms with E-state index in [4.69, 9.17) is 18.9 Å². The van der Waals surface area contributed by atoms with Crippen molar-refractivity contribution < 1.29 is 32.2 Å². The SMILES string of the molecule is Cc1ccc(S(=O)(=O)NC(Cc2ccccc2)C(=O)NCc2ccc(C3OC(CSc4nc(-c5ccccc5)c(-c5ccccc5)o4)CC(c4ccc(CO)cc4)O3)cc2)cc1. The highest BCUT2D eigenvalue weighted by atomic mass is 32.2. The number of carbonyl (C=O) groups is 1. The predicted octanol–water partition coefficient (Wildman–Crippen LogP) is 9.35. The Morgan fingerprint density at radius 1 is 0.742 bits per heavy atom. The molecule has 12 heteroatoms. The topological polar surface area (TPSA) is 140 Å². The number of carbonyl (C=O) groups excluding carboxylic acids is 1. The highest BCUT2D eigenvalue weighted by Crippen LogP contribution is 2.41. The van der Waals surface area contributed by atoms with E-state index in [0.717, 1.165) is 50.2 Å². The van der Waals surface area contributed by atoms with Crippen LogP contribution in [0.3, 0.4) is 0 Å². The van der Waals surface area contributed by atoms with Crippen molar-refractivity contribution in [3.05, 3.63) is 197 Å². The van der Waals surface area contributed by atoms with E-state index in [1.807, 2.05) is 146 Å². The number of aliphatic hydroxyl groups excluding tert-OH is 1. The molecule has 0 spiro atoms. The third kappa shape index (κ3) is 10.8. The fourth-order valence-corrected chi connectivity index (χ4v) is 9.28. The van der Waals surface area contributed by atoms with Crippen LogP contribution in [0, 0.1) is 6.92 Å². The predicted molar refractivity (Wildman–Crippen MR) is 240 cm³/mol. The van der Waals surface area contributed by atoms with Crippen LogP contribution in [-0.2, 0) is 43.9 Å². The number of aromatic nitrogens is 1. The van der Waals surface area contributed by atoms with Gasteiger partial charge in [0.1, 0.15) is 11.7 Å². The molecule has 8 rings (SSSR count). The lowest BCUT2D eigenvalue weighted by atomic mass is 10.0. The third-order valence-electron chi connectivity index (χ3n) is 10.6. The maximum atomic E-state index is 13.7. The van der Waals surface area contributed by atoms with Crippen molar-refractivity contribution in [1.82, 2.24) is 15.0 Å². The molecule has 7 aromatic rings. The maximum absolute atomic E-state index is 13.7. The quantitative estimate of drug-likeness (QED) is 0.0811. The van der Waals surface area contributed by atoms with Gasteiger partial charge in [0.15, 0.2) is 12.1 Å². The van der Waals surface area contributed by atoms with E-state index in [1.165, 1.54) is 23.9 Å². The number of rotatable bonds is 16. The number of benzene rings is 6. The van der Waals surface area contributed by atoms with Gasteiger partial charge in [-0.1, -0.05) is 169 Å². The molecular weight excluding hydrogens is 819 g/mol. The molecule has 62 heavy (non-hydrogen) atoms. The van der Waals surface area contributed by atoms with E-state index in [2.05, 4.69) is 10.0 Å². The lowest BCUT2D eigenvalue weighted by molar-refractivity contribution is -0.245. The molecule has 316 valence electrons. The second kappa shape index (κ2) is 19.9. The Balaban J connectivity index is 0.969. The molecule has 0 radical (unpaired) electrons. The summed E-state index contributed by atoms with van der Waals surface area (Å²) in [5, 5.41) is 13.2. The van der Waals surface area contributed by atoms with Gasteiger partial charge in [-0.2, -0.15) is 4.72 Å². The van der Waals surface area contributed by atoms with Gasteiger partial charge in [-0.15, -0.1) is 0 Å². The first-order chi connectivity index (χ1) is 30.2. The van der Waals surface area contributed by atoms with E-state index in [9.17, 15) is 18.3 Å². The lowest BCUT2D eigenvalue weighted by Crippen LogP contribution is -2.47. The number of oxazole rings is 1. The summed E-state index contributed by atoms with van der Waals surface area (Å²) in [5.74, 6) is 0.815. The first-order valence-corrected chi connectivity index (χ1v) is 22.9. The van der Waals surface area contributed by atoms with Crippen molar-refractivity contribution in [2.45, 2.75) is 67.6 Å². The highest BCUT2D eigenvalue weighted by Gasteiger charge is 2.33. The fraction of sp³-hybridized carbons (Fsp3) is 0.200. The van der Waals surface area contributed by atoms with Gasteiger partial charge in [0.05, 0.1) is 23.7 Å². The van der Waals surface area contributed by atoms with Gasteiger partial charge in [0, 0.05) is 35.4 Å². The van der Waals surface area contributed by atoms with Gasteiger partial charge in [-0.3, -0.25) is 4.79 Å². The number of sulfonamides is 1. The Labute approximate surface area is 366 Å². The molecule has 1 saturated heterocycles. The first-order valence-electron chi connectivity index (χ1n) is 20.5. The van der Waals surface area contributed by atoms with Crippen LogP contribution in [0.25, 0.3) is 22.6 Å². The van der Waals surface area contributed by atoms with Crippen molar-refractivity contribution in [2.24, 2.45) is 0 Å². The summed E-state index contributed by atoms with van der Waals surface area (Å²) in [7, 11) is -3.98. The minimum Gasteiger partial charge on any atom is -0.431 e. The van der Waals surface area contributed by atoms with Gasteiger partial charge >= 0.3 is 0 Å². The Morgan fingerprint density at radius 2 is 1.35 bits per heavy atom. The van der Waals surface area contributed by atoms with Crippen molar-refractivity contribution in [3.8, 4) is 22.6 Å². The zero-order chi connectivity index (χ0) is 42.9. The standard InChI is InChI=1S/C50H47N3O7S2/c1-34-17-27-43(28-18-34)62(56,57)53-44(29-35-11-5-2-6-12-35)48(55)51-31-36-19-25-41(26-20-36)49-58-42(30-45(59-49)38-23-21-37(32-54)22-24-38)33-61-50-52-46(39-13-7-3-8-14-39)47(60-50)40-15-9-4-10-16-40/h2-28,42,44-45,49,53-54H,29-33H2,1H3,(H,51,55). The van der Waals surface area contributed by atoms with Gasteiger partial charge in [-0.05, 0) is 47.7 Å². The summed E-state index contributed by atoms with van der Waals surface area (Å²) in [5.41, 5.74) is 7.84. The van der Waals surface area contributed by atoms with Crippen LogP contribution in [-0.4, -0.2) is 42.3 Å². The van der Waals surface area contributed by atoms with Crippen molar-refractivity contribution >= 4 is 27.7 Å². The highest BCUT2D eigenvalue weighted by molar-refractivity contribution is 7.99. The van der Waals surface area contributed by atoms with Crippen LogP contribution in [0.1, 0.15) is 52.2 Å². The molecule has 3 N–H and O–H groups in total. The number of aliphatic hydroxyl groups is 1. The van der Waals surface area contributed by atoms with Crippen LogP contribution in [0.4, 0.5) is 0 Å². The second-order valence-electron chi connectivity index (χ2n) is 15.2. The molecule has 1 aromatic heterocycles. The van der Waals surface area contributed by atoms with Crippen molar-refractivity contribution in [2.75, 3.05) is 5.75 Å². The summed E-state index contributed by atoms with van der Waals surface area (Å²) < 4.78 is 49.0.